The van der Waals surface area contributed by atoms with E-state index in [2.05, 4.69) is 9.71 Å². The van der Waals surface area contributed by atoms with Crippen molar-refractivity contribution < 1.29 is 8.42 Å². The van der Waals surface area contributed by atoms with E-state index in [0.29, 0.717) is 5.82 Å². The number of rotatable bonds is 4. The van der Waals surface area contributed by atoms with Crippen molar-refractivity contribution in [2.45, 2.75) is 24.9 Å². The Kier molecular flexibility index (Phi) is 5.40. The lowest BCUT2D eigenvalue weighted by Crippen LogP contribution is -2.37. The Labute approximate surface area is 102 Å². The first-order valence-corrected chi connectivity index (χ1v) is 6.07. The number of sulfonamides is 1. The first-order chi connectivity index (χ1) is 6.86. The van der Waals surface area contributed by atoms with Crippen molar-refractivity contribution >= 4 is 22.4 Å². The number of imidazole rings is 1. The Bertz CT molecular complexity index is 423. The van der Waals surface area contributed by atoms with E-state index in [-0.39, 0.29) is 30.0 Å². The van der Waals surface area contributed by atoms with Crippen LogP contribution in [0.4, 0.5) is 0 Å². The van der Waals surface area contributed by atoms with Gasteiger partial charge in [-0.05, 0) is 13.8 Å². The average Bonchev–Trinajstić information content (AvgIpc) is 2.47. The van der Waals surface area contributed by atoms with Gasteiger partial charge in [0.2, 0.25) is 0 Å². The molecule has 1 heterocycles. The summed E-state index contributed by atoms with van der Waals surface area (Å²) in [6.45, 7) is 3.70. The molecule has 8 heteroatoms. The molecule has 0 saturated heterocycles. The summed E-state index contributed by atoms with van der Waals surface area (Å²) in [6, 6.07) is -0.294. The molecule has 0 saturated carbocycles. The molecule has 1 rings (SSSR count). The number of hydrogen-bond donors (Lipinski definition) is 2. The van der Waals surface area contributed by atoms with Crippen LogP contribution in [0.2, 0.25) is 0 Å². The summed E-state index contributed by atoms with van der Waals surface area (Å²) in [7, 11) is -1.79. The van der Waals surface area contributed by atoms with E-state index in [0.717, 1.165) is 0 Å². The lowest BCUT2D eigenvalue weighted by molar-refractivity contribution is 0.559. The van der Waals surface area contributed by atoms with Crippen molar-refractivity contribution in [3.63, 3.8) is 0 Å². The maximum Gasteiger partial charge on any atom is 0.259 e. The summed E-state index contributed by atoms with van der Waals surface area (Å²) >= 11 is 0. The first kappa shape index (κ1) is 15.4. The van der Waals surface area contributed by atoms with Gasteiger partial charge in [0.1, 0.15) is 5.82 Å². The van der Waals surface area contributed by atoms with Crippen molar-refractivity contribution in [2.24, 2.45) is 12.8 Å². The molecule has 1 aromatic heterocycles. The minimum Gasteiger partial charge on any atom is -0.337 e. The number of nitrogens with one attached hydrogen (secondary N) is 1. The quantitative estimate of drug-likeness (QED) is 0.790. The molecule has 0 aromatic carbocycles. The van der Waals surface area contributed by atoms with Crippen LogP contribution in [0.3, 0.4) is 0 Å². The minimum atomic E-state index is -3.54. The number of aromatic nitrogens is 2. The van der Waals surface area contributed by atoms with Gasteiger partial charge in [-0.2, -0.15) is 0 Å². The summed E-state index contributed by atoms with van der Waals surface area (Å²) in [5.74, 6) is 0.649. The molecule has 3 N–H and O–H groups in total. The van der Waals surface area contributed by atoms with E-state index in [1.165, 1.54) is 6.20 Å². The number of nitrogens with zero attached hydrogens (tertiary/aromatic N) is 2. The molecule has 16 heavy (non-hydrogen) atoms. The molecule has 94 valence electrons. The smallest absolute Gasteiger partial charge is 0.259 e. The van der Waals surface area contributed by atoms with E-state index in [1.807, 2.05) is 0 Å². The van der Waals surface area contributed by atoms with Gasteiger partial charge in [-0.3, -0.25) is 0 Å². The van der Waals surface area contributed by atoms with Crippen LogP contribution in [0.5, 0.6) is 0 Å². The second-order valence-electron chi connectivity index (χ2n) is 3.50. The van der Waals surface area contributed by atoms with Crippen molar-refractivity contribution in [1.29, 1.82) is 0 Å². The lowest BCUT2D eigenvalue weighted by Gasteiger charge is -2.09. The standard InChI is InChI=1S/C8H16N4O2S.ClH/c1-6(4-9)11-15(13,14)8-5-12(3)7(2)10-8;/h5-6,11H,4,9H2,1-3H3;1H/t6-;/m1./s1. The molecule has 0 aliphatic rings. The normalized spacial score (nSPS) is 13.2. The van der Waals surface area contributed by atoms with E-state index in [4.69, 9.17) is 5.73 Å². The van der Waals surface area contributed by atoms with Crippen LogP contribution in [0.1, 0.15) is 12.7 Å². The Morgan fingerprint density at radius 1 is 1.62 bits per heavy atom. The molecule has 0 radical (unpaired) electrons. The molecule has 0 aliphatic carbocycles. The second kappa shape index (κ2) is 5.62. The van der Waals surface area contributed by atoms with Gasteiger partial charge < -0.3 is 10.3 Å². The van der Waals surface area contributed by atoms with Gasteiger partial charge >= 0.3 is 0 Å². The average molecular weight is 269 g/mol. The Hall–Kier alpha value is -0.630. The predicted molar refractivity (Wildman–Crippen MR) is 64.0 cm³/mol. The number of hydrogen-bond acceptors (Lipinski definition) is 4. The van der Waals surface area contributed by atoms with Gasteiger partial charge in [0.05, 0.1) is 0 Å². The zero-order chi connectivity index (χ0) is 11.6. The van der Waals surface area contributed by atoms with E-state index in [1.54, 1.807) is 25.5 Å². The number of halogens is 1. The Morgan fingerprint density at radius 3 is 2.56 bits per heavy atom. The fraction of sp³-hybridized carbons (Fsp3) is 0.625. The maximum atomic E-state index is 11.7. The maximum absolute atomic E-state index is 11.7. The largest absolute Gasteiger partial charge is 0.337 e. The van der Waals surface area contributed by atoms with Crippen LogP contribution in [-0.2, 0) is 17.1 Å². The van der Waals surface area contributed by atoms with Crippen LogP contribution < -0.4 is 10.5 Å². The molecule has 0 unspecified atom stereocenters. The second-order valence-corrected chi connectivity index (χ2v) is 5.16. The van der Waals surface area contributed by atoms with Crippen molar-refractivity contribution in [3.8, 4) is 0 Å². The van der Waals surface area contributed by atoms with Gasteiger partial charge in [-0.25, -0.2) is 18.1 Å². The van der Waals surface area contributed by atoms with Crippen LogP contribution in [-0.4, -0.2) is 30.6 Å². The van der Waals surface area contributed by atoms with Gasteiger partial charge in [0, 0.05) is 25.8 Å². The van der Waals surface area contributed by atoms with Crippen LogP contribution >= 0.6 is 12.4 Å². The lowest BCUT2D eigenvalue weighted by atomic mass is 10.4. The van der Waals surface area contributed by atoms with E-state index < -0.39 is 10.0 Å². The first-order valence-electron chi connectivity index (χ1n) is 4.59. The zero-order valence-electron chi connectivity index (χ0n) is 9.47. The molecule has 0 aliphatic heterocycles. The van der Waals surface area contributed by atoms with Crippen molar-refractivity contribution in [2.75, 3.05) is 6.54 Å². The SMILES string of the molecule is Cc1nc(S(=O)(=O)N[C@H](C)CN)cn1C.Cl. The highest BCUT2D eigenvalue weighted by atomic mass is 35.5. The third kappa shape index (κ3) is 3.44. The molecular weight excluding hydrogens is 252 g/mol. The van der Waals surface area contributed by atoms with E-state index >= 15 is 0 Å². The number of nitrogens with two attached hydrogens (primary N) is 1. The predicted octanol–water partition coefficient (Wildman–Crippen LogP) is -0.224. The number of aryl methyl sites for hydroxylation is 2. The molecule has 0 spiro atoms. The molecule has 1 atom stereocenters. The van der Waals surface area contributed by atoms with Crippen LogP contribution in [0.15, 0.2) is 11.2 Å². The molecule has 0 fully saturated rings. The van der Waals surface area contributed by atoms with Crippen molar-refractivity contribution in [3.05, 3.63) is 12.0 Å². The molecule has 0 bridgehead atoms. The van der Waals surface area contributed by atoms with Gasteiger partial charge in [-0.15, -0.1) is 12.4 Å². The molecule has 1 aromatic rings. The highest BCUT2D eigenvalue weighted by Crippen LogP contribution is 2.07. The van der Waals surface area contributed by atoms with Crippen LogP contribution in [0, 0.1) is 6.92 Å². The topological polar surface area (TPSA) is 90.0 Å². The summed E-state index contributed by atoms with van der Waals surface area (Å²) in [5, 5.41) is 0.0304. The Morgan fingerprint density at radius 2 is 2.19 bits per heavy atom. The fourth-order valence-electron chi connectivity index (χ4n) is 1.03. The highest BCUT2D eigenvalue weighted by molar-refractivity contribution is 7.89. The third-order valence-electron chi connectivity index (χ3n) is 2.07. The fourth-order valence-corrected chi connectivity index (χ4v) is 2.32. The molecular formula is C8H17ClN4O2S. The third-order valence-corrected chi connectivity index (χ3v) is 3.53. The van der Waals surface area contributed by atoms with Gasteiger partial charge in [0.25, 0.3) is 10.0 Å². The minimum absolute atomic E-state index is 0. The molecule has 6 nitrogen and oxygen atoms in total. The summed E-state index contributed by atoms with van der Waals surface area (Å²) in [6.07, 6.45) is 1.47. The highest BCUT2D eigenvalue weighted by Gasteiger charge is 2.20. The summed E-state index contributed by atoms with van der Waals surface area (Å²) in [5.41, 5.74) is 5.34. The van der Waals surface area contributed by atoms with Gasteiger partial charge in [-0.1, -0.05) is 0 Å². The molecule has 0 amide bonds. The zero-order valence-corrected chi connectivity index (χ0v) is 11.1. The monoisotopic (exact) mass is 268 g/mol. The summed E-state index contributed by atoms with van der Waals surface area (Å²) < 4.78 is 27.5. The van der Waals surface area contributed by atoms with Crippen LogP contribution in [0.25, 0.3) is 0 Å². The Balaban J connectivity index is 0.00000225. The summed E-state index contributed by atoms with van der Waals surface area (Å²) in [4.78, 5) is 3.94. The van der Waals surface area contributed by atoms with Gasteiger partial charge in [0.15, 0.2) is 5.03 Å². The van der Waals surface area contributed by atoms with Crippen molar-refractivity contribution in [1.82, 2.24) is 14.3 Å². The van der Waals surface area contributed by atoms with E-state index in [9.17, 15) is 8.42 Å².